The summed E-state index contributed by atoms with van der Waals surface area (Å²) in [7, 11) is 0. The van der Waals surface area contributed by atoms with Crippen LogP contribution in [-0.4, -0.2) is 42.4 Å². The number of nitrogens with one attached hydrogen (secondary N) is 1. The van der Waals surface area contributed by atoms with Gasteiger partial charge in [0.05, 0.1) is 6.54 Å². The van der Waals surface area contributed by atoms with E-state index >= 15 is 0 Å². The molecule has 5 rings (SSSR count). The number of piperidine rings is 1. The fourth-order valence-electron chi connectivity index (χ4n) is 6.43. The zero-order chi connectivity index (χ0) is 16.7. The van der Waals surface area contributed by atoms with Crippen molar-refractivity contribution in [2.75, 3.05) is 19.6 Å². The molecule has 0 radical (unpaired) electrons. The van der Waals surface area contributed by atoms with Gasteiger partial charge in [0.1, 0.15) is 0 Å². The molecule has 5 aliphatic rings. The molecule has 0 aromatic heterocycles. The number of hydrogen-bond donors (Lipinski definition) is 2. The lowest BCUT2D eigenvalue weighted by Crippen LogP contribution is -2.50. The van der Waals surface area contributed by atoms with Gasteiger partial charge >= 0.3 is 0 Å². The second kappa shape index (κ2) is 7.43. The predicted octanol–water partition coefficient (Wildman–Crippen LogP) is 2.08. The monoisotopic (exact) mass is 369 g/mol. The number of likely N-dealkylation sites (tertiary alicyclic amines) is 1. The summed E-state index contributed by atoms with van der Waals surface area (Å²) in [5.41, 5.74) is 6.18. The fourth-order valence-corrected chi connectivity index (χ4v) is 6.43. The Kier molecular flexibility index (Phi) is 5.64. The third-order valence-corrected chi connectivity index (χ3v) is 6.95. The average Bonchev–Trinajstić information content (AvgIpc) is 2.50. The summed E-state index contributed by atoms with van der Waals surface area (Å²) in [6.45, 7) is 1.54. The minimum absolute atomic E-state index is 0. The van der Waals surface area contributed by atoms with Crippen molar-refractivity contribution in [1.82, 2.24) is 10.2 Å². The highest BCUT2D eigenvalue weighted by Gasteiger charge is 2.51. The summed E-state index contributed by atoms with van der Waals surface area (Å²) in [5, 5.41) is 2.90. The van der Waals surface area contributed by atoms with Crippen molar-refractivity contribution in [3.05, 3.63) is 0 Å². The summed E-state index contributed by atoms with van der Waals surface area (Å²) in [4.78, 5) is 26.5. The van der Waals surface area contributed by atoms with Gasteiger partial charge in [0.2, 0.25) is 11.8 Å². The third-order valence-electron chi connectivity index (χ3n) is 6.95. The van der Waals surface area contributed by atoms with Crippen LogP contribution < -0.4 is 11.1 Å². The summed E-state index contributed by atoms with van der Waals surface area (Å²) in [6.07, 6.45) is 10.5. The average molecular weight is 370 g/mol. The molecule has 0 aromatic rings. The zero-order valence-corrected chi connectivity index (χ0v) is 15.9. The summed E-state index contributed by atoms with van der Waals surface area (Å²) < 4.78 is 0. The zero-order valence-electron chi connectivity index (χ0n) is 15.0. The minimum Gasteiger partial charge on any atom is -0.347 e. The second-order valence-corrected chi connectivity index (χ2v) is 9.11. The van der Waals surface area contributed by atoms with Gasteiger partial charge in [-0.25, -0.2) is 0 Å². The Balaban J connectivity index is 0.00000182. The predicted molar refractivity (Wildman–Crippen MR) is 99.3 cm³/mol. The van der Waals surface area contributed by atoms with Crippen LogP contribution in [0.25, 0.3) is 0 Å². The normalized spacial score (nSPS) is 39.0. The van der Waals surface area contributed by atoms with Gasteiger partial charge in [0.25, 0.3) is 0 Å². The Labute approximate surface area is 156 Å². The Hall–Kier alpha value is -0.810. The van der Waals surface area contributed by atoms with Gasteiger partial charge in [-0.2, -0.15) is 0 Å². The van der Waals surface area contributed by atoms with Crippen molar-refractivity contribution in [3.63, 3.8) is 0 Å². The standard InChI is InChI=1S/C19H31N3O2.ClH/c20-16-2-1-3-22(12-16)18(24)11-21-17(23)10-19-7-13-4-14(8-19)6-15(5-13)9-19;/h13-16H,1-12,20H2,(H,21,23);1H. The first-order valence-corrected chi connectivity index (χ1v) is 9.81. The Morgan fingerprint density at radius 1 is 1.08 bits per heavy atom. The highest BCUT2D eigenvalue weighted by Crippen LogP contribution is 2.61. The number of nitrogens with zero attached hydrogens (tertiary/aromatic N) is 1. The first kappa shape index (κ1) is 19.0. The lowest BCUT2D eigenvalue weighted by molar-refractivity contribution is -0.136. The van der Waals surface area contributed by atoms with E-state index in [-0.39, 0.29) is 42.2 Å². The number of hydrogen-bond acceptors (Lipinski definition) is 3. The Bertz CT molecular complexity index is 490. The second-order valence-electron chi connectivity index (χ2n) is 9.11. The maximum Gasteiger partial charge on any atom is 0.242 e. The van der Waals surface area contributed by atoms with Crippen LogP contribution in [0.5, 0.6) is 0 Å². The molecule has 2 amide bonds. The first-order valence-electron chi connectivity index (χ1n) is 9.81. The third kappa shape index (κ3) is 4.13. The molecular weight excluding hydrogens is 338 g/mol. The summed E-state index contributed by atoms with van der Waals surface area (Å²) >= 11 is 0. The molecule has 0 aromatic carbocycles. The van der Waals surface area contributed by atoms with Crippen LogP contribution in [-0.2, 0) is 9.59 Å². The summed E-state index contributed by atoms with van der Waals surface area (Å²) in [5.74, 6) is 2.68. The van der Waals surface area contributed by atoms with E-state index in [2.05, 4.69) is 5.32 Å². The van der Waals surface area contributed by atoms with Gasteiger partial charge in [-0.3, -0.25) is 9.59 Å². The van der Waals surface area contributed by atoms with E-state index in [9.17, 15) is 9.59 Å². The molecular formula is C19H32ClN3O2. The summed E-state index contributed by atoms with van der Waals surface area (Å²) in [6, 6.07) is 0.0884. The molecule has 5 nitrogen and oxygen atoms in total. The van der Waals surface area contributed by atoms with Crippen LogP contribution in [0.15, 0.2) is 0 Å². The van der Waals surface area contributed by atoms with Crippen LogP contribution in [0.3, 0.4) is 0 Å². The lowest BCUT2D eigenvalue weighted by Gasteiger charge is -2.56. The molecule has 0 spiro atoms. The van der Waals surface area contributed by atoms with Crippen LogP contribution in [0.1, 0.15) is 57.8 Å². The van der Waals surface area contributed by atoms with E-state index in [0.717, 1.165) is 37.1 Å². The molecule has 5 fully saturated rings. The quantitative estimate of drug-likeness (QED) is 0.796. The lowest BCUT2D eigenvalue weighted by atomic mass is 9.49. The van der Waals surface area contributed by atoms with Gasteiger partial charge in [0.15, 0.2) is 0 Å². The van der Waals surface area contributed by atoms with Crippen LogP contribution in [0.4, 0.5) is 0 Å². The van der Waals surface area contributed by atoms with E-state index < -0.39 is 0 Å². The molecule has 1 atom stereocenters. The van der Waals surface area contributed by atoms with E-state index in [1.54, 1.807) is 4.90 Å². The smallest absolute Gasteiger partial charge is 0.242 e. The number of carbonyl (C=O) groups is 2. The SMILES string of the molecule is Cl.NC1CCCN(C(=O)CNC(=O)CC23CC4CC(CC(C4)C2)C3)C1. The van der Waals surface area contributed by atoms with Gasteiger partial charge in [0, 0.05) is 25.6 Å². The highest BCUT2D eigenvalue weighted by atomic mass is 35.5. The van der Waals surface area contributed by atoms with Crippen LogP contribution in [0.2, 0.25) is 0 Å². The van der Waals surface area contributed by atoms with Crippen LogP contribution >= 0.6 is 12.4 Å². The number of carbonyl (C=O) groups excluding carboxylic acids is 2. The number of rotatable bonds is 4. The van der Waals surface area contributed by atoms with Crippen molar-refractivity contribution in [1.29, 1.82) is 0 Å². The maximum atomic E-state index is 12.5. The first-order chi connectivity index (χ1) is 11.5. The fraction of sp³-hybridized carbons (Fsp3) is 0.895. The molecule has 142 valence electrons. The van der Waals surface area contributed by atoms with Gasteiger partial charge in [-0.1, -0.05) is 0 Å². The molecule has 1 heterocycles. The van der Waals surface area contributed by atoms with Crippen molar-refractivity contribution in [2.24, 2.45) is 28.9 Å². The molecule has 1 saturated heterocycles. The Morgan fingerprint density at radius 3 is 2.24 bits per heavy atom. The van der Waals surface area contributed by atoms with Crippen molar-refractivity contribution >= 4 is 24.2 Å². The largest absolute Gasteiger partial charge is 0.347 e. The molecule has 1 aliphatic heterocycles. The van der Waals surface area contributed by atoms with Crippen LogP contribution in [0, 0.1) is 23.2 Å². The highest BCUT2D eigenvalue weighted by molar-refractivity contribution is 5.85. The molecule has 4 bridgehead atoms. The van der Waals surface area contributed by atoms with Gasteiger partial charge in [-0.05, 0) is 74.5 Å². The van der Waals surface area contributed by atoms with Crippen molar-refractivity contribution < 1.29 is 9.59 Å². The minimum atomic E-state index is 0. The number of nitrogens with two attached hydrogens (primary N) is 1. The van der Waals surface area contributed by atoms with Crippen molar-refractivity contribution in [2.45, 2.75) is 63.8 Å². The molecule has 4 aliphatic carbocycles. The topological polar surface area (TPSA) is 75.4 Å². The Morgan fingerprint density at radius 2 is 1.68 bits per heavy atom. The van der Waals surface area contributed by atoms with E-state index in [4.69, 9.17) is 5.73 Å². The molecule has 25 heavy (non-hydrogen) atoms. The molecule has 4 saturated carbocycles. The van der Waals surface area contributed by atoms with Crippen molar-refractivity contribution in [3.8, 4) is 0 Å². The number of amides is 2. The van der Waals surface area contributed by atoms with E-state index in [1.165, 1.54) is 38.5 Å². The van der Waals surface area contributed by atoms with E-state index in [0.29, 0.717) is 13.0 Å². The number of halogens is 1. The van der Waals surface area contributed by atoms with E-state index in [1.807, 2.05) is 0 Å². The molecule has 6 heteroatoms. The van der Waals surface area contributed by atoms with Gasteiger partial charge < -0.3 is 16.0 Å². The molecule has 3 N–H and O–H groups in total. The molecule has 1 unspecified atom stereocenters. The van der Waals surface area contributed by atoms with Gasteiger partial charge in [-0.15, -0.1) is 12.4 Å². The maximum absolute atomic E-state index is 12.5.